The number of nitrogens with zero attached hydrogens (tertiary/aromatic N) is 5. The van der Waals surface area contributed by atoms with Crippen molar-refractivity contribution in [2.24, 2.45) is 0 Å². The molecule has 150 valence electrons. The van der Waals surface area contributed by atoms with Crippen molar-refractivity contribution in [2.75, 3.05) is 4.90 Å². The van der Waals surface area contributed by atoms with Crippen molar-refractivity contribution in [1.29, 1.82) is 5.26 Å². The highest BCUT2D eigenvalue weighted by molar-refractivity contribution is 7.18. The van der Waals surface area contributed by atoms with Gasteiger partial charge in [0.2, 0.25) is 0 Å². The molecule has 8 nitrogen and oxygen atoms in total. The Bertz CT molecular complexity index is 1360. The highest BCUT2D eigenvalue weighted by Crippen LogP contribution is 2.35. The van der Waals surface area contributed by atoms with Gasteiger partial charge in [-0.15, -0.1) is 11.3 Å². The van der Waals surface area contributed by atoms with Gasteiger partial charge < -0.3 is 9.84 Å². The van der Waals surface area contributed by atoms with Gasteiger partial charge >= 0.3 is 6.09 Å². The molecule has 0 radical (unpaired) electrons. The fraction of sp³-hybridized carbons (Fsp3) is 0.143. The number of carbonyl (C=O) groups excluding carboxylic acids is 1. The minimum Gasteiger partial charge on any atom is -0.506 e. The molecule has 1 amide bonds. The normalized spacial score (nSPS) is 11.6. The van der Waals surface area contributed by atoms with Gasteiger partial charge in [0.25, 0.3) is 0 Å². The van der Waals surface area contributed by atoms with E-state index >= 15 is 0 Å². The first-order valence-corrected chi connectivity index (χ1v) is 9.86. The van der Waals surface area contributed by atoms with Gasteiger partial charge in [0, 0.05) is 6.07 Å². The largest absolute Gasteiger partial charge is 0.506 e. The van der Waals surface area contributed by atoms with Gasteiger partial charge in [0.05, 0.1) is 32.6 Å². The molecule has 0 spiro atoms. The van der Waals surface area contributed by atoms with Crippen LogP contribution in [0.1, 0.15) is 24.4 Å². The van der Waals surface area contributed by atoms with E-state index in [1.54, 1.807) is 32.1 Å². The van der Waals surface area contributed by atoms with Gasteiger partial charge in [0.1, 0.15) is 29.0 Å². The average Bonchev–Trinajstić information content (AvgIpc) is 3.33. The molecule has 0 unspecified atom stereocenters. The van der Waals surface area contributed by atoms with Crippen LogP contribution in [0.2, 0.25) is 0 Å². The molecule has 0 saturated carbocycles. The molecule has 4 rings (SSSR count). The van der Waals surface area contributed by atoms with Crippen LogP contribution in [-0.2, 0) is 4.74 Å². The third-order valence-electron chi connectivity index (χ3n) is 4.55. The molecular formula is C21H17N5O3S. The summed E-state index contributed by atoms with van der Waals surface area (Å²) in [7, 11) is 0. The maximum absolute atomic E-state index is 13.1. The molecular weight excluding hydrogens is 402 g/mol. The summed E-state index contributed by atoms with van der Waals surface area (Å²) in [6.45, 7) is 5.35. The van der Waals surface area contributed by atoms with E-state index in [2.05, 4.69) is 10.1 Å². The number of aryl methyl sites for hydroxylation is 1. The molecule has 0 saturated heterocycles. The molecule has 3 aromatic heterocycles. The lowest BCUT2D eigenvalue weighted by atomic mass is 10.2. The van der Waals surface area contributed by atoms with Gasteiger partial charge in [-0.05, 0) is 51.1 Å². The van der Waals surface area contributed by atoms with Crippen LogP contribution in [0.3, 0.4) is 0 Å². The Labute approximate surface area is 175 Å². The van der Waals surface area contributed by atoms with Gasteiger partial charge in [-0.3, -0.25) is 0 Å². The van der Waals surface area contributed by atoms with E-state index in [9.17, 15) is 15.2 Å². The summed E-state index contributed by atoms with van der Waals surface area (Å²) in [5.74, 6) is 0.408. The zero-order valence-electron chi connectivity index (χ0n) is 16.4. The highest BCUT2D eigenvalue weighted by atomic mass is 32.1. The fourth-order valence-electron chi connectivity index (χ4n) is 3.08. The first kappa shape index (κ1) is 19.4. The van der Waals surface area contributed by atoms with E-state index in [-0.39, 0.29) is 17.1 Å². The second kappa shape index (κ2) is 7.50. The van der Waals surface area contributed by atoms with E-state index in [1.165, 1.54) is 33.0 Å². The molecule has 0 fully saturated rings. The number of fused-ring (bicyclic) bond motifs is 2. The maximum atomic E-state index is 13.1. The number of pyridine rings is 1. The number of aromatic nitrogens is 3. The van der Waals surface area contributed by atoms with Crippen molar-refractivity contribution in [2.45, 2.75) is 20.8 Å². The molecule has 0 aliphatic rings. The summed E-state index contributed by atoms with van der Waals surface area (Å²) in [5, 5.41) is 25.0. The summed E-state index contributed by atoms with van der Waals surface area (Å²) in [6, 6.07) is 10.3. The number of ether oxygens (including phenoxy) is 1. The second-order valence-electron chi connectivity index (χ2n) is 6.49. The number of aromatic hydroxyl groups is 1. The van der Waals surface area contributed by atoms with E-state index in [1.807, 2.05) is 25.1 Å². The predicted octanol–water partition coefficient (Wildman–Crippen LogP) is 5.03. The van der Waals surface area contributed by atoms with Crippen LogP contribution >= 0.6 is 11.3 Å². The Balaban J connectivity index is 1.96. The minimum atomic E-state index is -0.674. The Morgan fingerprint density at radius 2 is 2.17 bits per heavy atom. The SMILES string of the molecule is C/C=C(\C)OC(=O)N(c1ccc2nc(C)sc2c1)c1cc(O)c(C#N)c2ccnn12. The summed E-state index contributed by atoms with van der Waals surface area (Å²) in [4.78, 5) is 18.9. The van der Waals surface area contributed by atoms with Crippen LogP contribution in [0.15, 0.2) is 48.4 Å². The summed E-state index contributed by atoms with van der Waals surface area (Å²) >= 11 is 1.51. The lowest BCUT2D eigenvalue weighted by molar-refractivity contribution is 0.186. The number of hydrogen-bond acceptors (Lipinski definition) is 7. The third kappa shape index (κ3) is 3.23. The Morgan fingerprint density at radius 1 is 1.37 bits per heavy atom. The average molecular weight is 419 g/mol. The number of benzene rings is 1. The van der Waals surface area contributed by atoms with Crippen molar-refractivity contribution in [3.05, 3.63) is 58.9 Å². The van der Waals surface area contributed by atoms with Crippen LogP contribution in [0.25, 0.3) is 15.7 Å². The van der Waals surface area contributed by atoms with Crippen LogP contribution in [0.5, 0.6) is 5.75 Å². The highest BCUT2D eigenvalue weighted by Gasteiger charge is 2.26. The molecule has 30 heavy (non-hydrogen) atoms. The molecule has 3 heterocycles. The lowest BCUT2D eigenvalue weighted by Crippen LogP contribution is -2.28. The Morgan fingerprint density at radius 3 is 2.90 bits per heavy atom. The summed E-state index contributed by atoms with van der Waals surface area (Å²) in [5.41, 5.74) is 1.79. The van der Waals surface area contributed by atoms with Gasteiger partial charge in [-0.2, -0.15) is 10.4 Å². The van der Waals surface area contributed by atoms with Crippen molar-refractivity contribution >= 4 is 44.7 Å². The van der Waals surface area contributed by atoms with Crippen LogP contribution in [0, 0.1) is 18.3 Å². The predicted molar refractivity (Wildman–Crippen MR) is 114 cm³/mol. The smallest absolute Gasteiger partial charge is 0.425 e. The number of thiazole rings is 1. The van der Waals surface area contributed by atoms with Crippen LogP contribution in [-0.4, -0.2) is 25.8 Å². The number of rotatable bonds is 3. The summed E-state index contributed by atoms with van der Waals surface area (Å²) < 4.78 is 7.78. The third-order valence-corrected chi connectivity index (χ3v) is 5.49. The molecule has 0 aliphatic heterocycles. The molecule has 4 aromatic rings. The number of anilines is 2. The number of nitriles is 1. The van der Waals surface area contributed by atoms with Crippen molar-refractivity contribution < 1.29 is 14.6 Å². The quantitative estimate of drug-likeness (QED) is 0.467. The van der Waals surface area contributed by atoms with E-state index in [0.29, 0.717) is 17.0 Å². The fourth-order valence-corrected chi connectivity index (χ4v) is 3.94. The van der Waals surface area contributed by atoms with Crippen molar-refractivity contribution in [3.63, 3.8) is 0 Å². The molecule has 0 bridgehead atoms. The number of hydrogen-bond donors (Lipinski definition) is 1. The Hall–Kier alpha value is -3.90. The van der Waals surface area contributed by atoms with Crippen LogP contribution < -0.4 is 4.90 Å². The monoisotopic (exact) mass is 419 g/mol. The zero-order chi connectivity index (χ0) is 21.4. The first-order chi connectivity index (χ1) is 14.4. The Kier molecular flexibility index (Phi) is 4.85. The standard InChI is InChI=1S/C21H17N5O3S/c1-4-12(2)29-21(28)25(14-5-6-16-19(9-14)30-13(3)24-16)20-10-18(27)15(11-22)17-7-8-23-26(17)20/h4-10,27H,1-3H3/b12-4+. The summed E-state index contributed by atoms with van der Waals surface area (Å²) in [6.07, 6.45) is 2.49. The molecule has 0 aliphatic carbocycles. The number of carbonyl (C=O) groups is 1. The van der Waals surface area contributed by atoms with Crippen molar-refractivity contribution in [3.8, 4) is 11.8 Å². The van der Waals surface area contributed by atoms with Gasteiger partial charge in [-0.1, -0.05) is 0 Å². The van der Waals surface area contributed by atoms with E-state index in [0.717, 1.165) is 15.2 Å². The van der Waals surface area contributed by atoms with Crippen LogP contribution in [0.4, 0.5) is 16.3 Å². The van der Waals surface area contributed by atoms with E-state index < -0.39 is 6.09 Å². The lowest BCUT2D eigenvalue weighted by Gasteiger charge is -2.23. The molecule has 1 N–H and O–H groups in total. The maximum Gasteiger partial charge on any atom is 0.425 e. The first-order valence-electron chi connectivity index (χ1n) is 9.04. The van der Waals surface area contributed by atoms with E-state index in [4.69, 9.17) is 4.74 Å². The van der Waals surface area contributed by atoms with Crippen molar-refractivity contribution in [1.82, 2.24) is 14.6 Å². The minimum absolute atomic E-state index is 0.0720. The number of allylic oxidation sites excluding steroid dienone is 2. The molecule has 9 heteroatoms. The zero-order valence-corrected chi connectivity index (χ0v) is 17.3. The van der Waals surface area contributed by atoms with Gasteiger partial charge in [-0.25, -0.2) is 19.2 Å². The molecule has 1 aromatic carbocycles. The second-order valence-corrected chi connectivity index (χ2v) is 7.73. The number of amides is 1. The topological polar surface area (TPSA) is 104 Å². The van der Waals surface area contributed by atoms with Gasteiger partial charge in [0.15, 0.2) is 0 Å². The molecule has 0 atom stereocenters.